The van der Waals surface area contributed by atoms with E-state index >= 15 is 0 Å². The smallest absolute Gasteiger partial charge is 0.337 e. The molecule has 0 bridgehead atoms. The molecule has 0 saturated carbocycles. The maximum atomic E-state index is 12.0. The minimum Gasteiger partial charge on any atom is -0.465 e. The number of benzene rings is 1. The van der Waals surface area contributed by atoms with E-state index in [0.29, 0.717) is 22.9 Å². The van der Waals surface area contributed by atoms with Crippen LogP contribution in [0.1, 0.15) is 22.8 Å². The number of hydrogen-bond acceptors (Lipinski definition) is 6. The van der Waals surface area contributed by atoms with Gasteiger partial charge >= 0.3 is 11.9 Å². The third-order valence-electron chi connectivity index (χ3n) is 3.15. The molecule has 0 atom stereocenters. The van der Waals surface area contributed by atoms with Gasteiger partial charge in [-0.25, -0.2) is 9.59 Å². The van der Waals surface area contributed by atoms with Crippen molar-refractivity contribution < 1.29 is 23.9 Å². The van der Waals surface area contributed by atoms with Gasteiger partial charge in [0.15, 0.2) is 0 Å². The second kappa shape index (κ2) is 7.82. The predicted octanol–water partition coefficient (Wildman–Crippen LogP) is 1.95. The number of ether oxygens (including phenoxy) is 2. The van der Waals surface area contributed by atoms with E-state index in [0.717, 1.165) is 5.56 Å². The Morgan fingerprint density at radius 1 is 1.30 bits per heavy atom. The summed E-state index contributed by atoms with van der Waals surface area (Å²) in [5.41, 5.74) is 1.30. The van der Waals surface area contributed by atoms with Gasteiger partial charge in [-0.3, -0.25) is 4.79 Å². The van der Waals surface area contributed by atoms with Crippen LogP contribution >= 0.6 is 11.8 Å². The van der Waals surface area contributed by atoms with Gasteiger partial charge < -0.3 is 14.4 Å². The first-order valence-corrected chi connectivity index (χ1v) is 8.02. The van der Waals surface area contributed by atoms with Crippen molar-refractivity contribution in [1.82, 2.24) is 4.90 Å². The molecule has 0 radical (unpaired) electrons. The molecular formula is C16H17NO5S. The molecule has 1 amide bonds. The fourth-order valence-electron chi connectivity index (χ4n) is 2.03. The van der Waals surface area contributed by atoms with Crippen LogP contribution in [-0.4, -0.2) is 42.2 Å². The van der Waals surface area contributed by atoms with E-state index in [1.165, 1.54) is 29.8 Å². The third kappa shape index (κ3) is 4.35. The van der Waals surface area contributed by atoms with Crippen molar-refractivity contribution in [3.05, 3.63) is 46.5 Å². The van der Waals surface area contributed by atoms with Gasteiger partial charge in [0, 0.05) is 0 Å². The van der Waals surface area contributed by atoms with Gasteiger partial charge in [0.2, 0.25) is 5.91 Å². The lowest BCUT2D eigenvalue weighted by Gasteiger charge is -2.17. The van der Waals surface area contributed by atoms with E-state index in [4.69, 9.17) is 4.74 Å². The highest BCUT2D eigenvalue weighted by Crippen LogP contribution is 2.30. The van der Waals surface area contributed by atoms with Gasteiger partial charge in [-0.1, -0.05) is 23.9 Å². The molecule has 23 heavy (non-hydrogen) atoms. The van der Waals surface area contributed by atoms with Crippen LogP contribution in [0.15, 0.2) is 35.4 Å². The molecule has 7 heteroatoms. The average molecular weight is 335 g/mol. The molecule has 1 fully saturated rings. The largest absolute Gasteiger partial charge is 0.465 e. The summed E-state index contributed by atoms with van der Waals surface area (Å²) in [6.45, 7) is 2.35. The Hall–Kier alpha value is -2.28. The van der Waals surface area contributed by atoms with Crippen LogP contribution in [0.5, 0.6) is 0 Å². The summed E-state index contributed by atoms with van der Waals surface area (Å²) in [5.74, 6) is -0.642. The molecule has 0 unspecified atom stereocenters. The SMILES string of the molecule is CCOC(=O)C=C1SCC(=O)N1Cc1ccc(C(=O)OC)cc1. The monoisotopic (exact) mass is 335 g/mol. The van der Waals surface area contributed by atoms with Gasteiger partial charge in [0.1, 0.15) is 0 Å². The van der Waals surface area contributed by atoms with Crippen molar-refractivity contribution in [2.75, 3.05) is 19.5 Å². The standard InChI is InChI=1S/C16H17NO5S/c1-3-22-15(19)8-14-17(13(18)10-23-14)9-11-4-6-12(7-5-11)16(20)21-2/h4-8H,3,9-10H2,1-2H3. The van der Waals surface area contributed by atoms with Gasteiger partial charge in [-0.15, -0.1) is 0 Å². The molecule has 1 aliphatic rings. The van der Waals surface area contributed by atoms with E-state index < -0.39 is 11.9 Å². The maximum absolute atomic E-state index is 12.0. The minimum absolute atomic E-state index is 0.0670. The van der Waals surface area contributed by atoms with Crippen LogP contribution in [0, 0.1) is 0 Å². The Morgan fingerprint density at radius 2 is 2.00 bits per heavy atom. The Balaban J connectivity index is 2.11. The summed E-state index contributed by atoms with van der Waals surface area (Å²) in [7, 11) is 1.32. The molecule has 0 aliphatic carbocycles. The van der Waals surface area contributed by atoms with Crippen LogP contribution in [0.4, 0.5) is 0 Å². The van der Waals surface area contributed by atoms with Gasteiger partial charge in [-0.05, 0) is 24.6 Å². The average Bonchev–Trinajstić information content (AvgIpc) is 2.88. The number of carbonyl (C=O) groups is 3. The normalized spacial score (nSPS) is 15.8. The molecule has 2 rings (SSSR count). The lowest BCUT2D eigenvalue weighted by Crippen LogP contribution is -2.24. The number of nitrogens with zero attached hydrogens (tertiary/aromatic N) is 1. The highest BCUT2D eigenvalue weighted by Gasteiger charge is 2.27. The zero-order valence-corrected chi connectivity index (χ0v) is 13.7. The Morgan fingerprint density at radius 3 is 2.61 bits per heavy atom. The fourth-order valence-corrected chi connectivity index (χ4v) is 2.96. The van der Waals surface area contributed by atoms with Crippen molar-refractivity contribution in [3.63, 3.8) is 0 Å². The molecule has 6 nitrogen and oxygen atoms in total. The topological polar surface area (TPSA) is 72.9 Å². The van der Waals surface area contributed by atoms with Crippen molar-refractivity contribution in [1.29, 1.82) is 0 Å². The van der Waals surface area contributed by atoms with Crippen LogP contribution < -0.4 is 0 Å². The summed E-state index contributed by atoms with van der Waals surface area (Å²) in [4.78, 5) is 36.5. The lowest BCUT2D eigenvalue weighted by atomic mass is 10.1. The molecule has 122 valence electrons. The number of thioether (sulfide) groups is 1. The summed E-state index contributed by atoms with van der Waals surface area (Å²) in [5, 5.41) is 0.575. The second-order valence-electron chi connectivity index (χ2n) is 4.69. The molecule has 1 heterocycles. The first-order valence-electron chi connectivity index (χ1n) is 7.04. The number of hydrogen-bond donors (Lipinski definition) is 0. The molecule has 0 spiro atoms. The van der Waals surface area contributed by atoms with Crippen molar-refractivity contribution >= 4 is 29.6 Å². The maximum Gasteiger partial charge on any atom is 0.337 e. The van der Waals surface area contributed by atoms with Crippen LogP contribution in [0.2, 0.25) is 0 Å². The minimum atomic E-state index is -0.462. The third-order valence-corrected chi connectivity index (χ3v) is 4.18. The Bertz CT molecular complexity index is 638. The number of methoxy groups -OCH3 is 1. The van der Waals surface area contributed by atoms with Gasteiger partial charge in [0.25, 0.3) is 0 Å². The molecular weight excluding hydrogens is 318 g/mol. The first kappa shape index (κ1) is 17.1. The zero-order valence-electron chi connectivity index (χ0n) is 12.9. The van der Waals surface area contributed by atoms with Gasteiger partial charge in [-0.2, -0.15) is 0 Å². The molecule has 1 aromatic rings. The predicted molar refractivity (Wildman–Crippen MR) is 85.5 cm³/mol. The number of esters is 2. The quantitative estimate of drug-likeness (QED) is 0.605. The first-order chi connectivity index (χ1) is 11.0. The number of rotatable bonds is 5. The number of amides is 1. The van der Waals surface area contributed by atoms with E-state index in [9.17, 15) is 14.4 Å². The van der Waals surface area contributed by atoms with E-state index in [1.807, 2.05) is 0 Å². The lowest BCUT2D eigenvalue weighted by molar-refractivity contribution is -0.137. The number of carbonyl (C=O) groups excluding carboxylic acids is 3. The highest BCUT2D eigenvalue weighted by atomic mass is 32.2. The van der Waals surface area contributed by atoms with Crippen molar-refractivity contribution in [3.8, 4) is 0 Å². The highest BCUT2D eigenvalue weighted by molar-refractivity contribution is 8.04. The van der Waals surface area contributed by atoms with Crippen LogP contribution in [-0.2, 0) is 25.6 Å². The fraction of sp³-hybridized carbons (Fsp3) is 0.312. The Labute approximate surface area is 138 Å². The zero-order chi connectivity index (χ0) is 16.8. The van der Waals surface area contributed by atoms with Crippen molar-refractivity contribution in [2.24, 2.45) is 0 Å². The summed E-state index contributed by atoms with van der Waals surface area (Å²) in [6.07, 6.45) is 1.34. The molecule has 1 aromatic carbocycles. The molecule has 1 saturated heterocycles. The van der Waals surface area contributed by atoms with Crippen LogP contribution in [0.3, 0.4) is 0 Å². The van der Waals surface area contributed by atoms with E-state index in [2.05, 4.69) is 4.74 Å². The van der Waals surface area contributed by atoms with E-state index in [1.54, 1.807) is 31.2 Å². The molecule has 0 N–H and O–H groups in total. The molecule has 0 aromatic heterocycles. The van der Waals surface area contributed by atoms with Crippen molar-refractivity contribution in [2.45, 2.75) is 13.5 Å². The second-order valence-corrected chi connectivity index (χ2v) is 5.69. The van der Waals surface area contributed by atoms with E-state index in [-0.39, 0.29) is 12.5 Å². The summed E-state index contributed by atoms with van der Waals surface area (Å²) in [6, 6.07) is 6.79. The van der Waals surface area contributed by atoms with Crippen LogP contribution in [0.25, 0.3) is 0 Å². The van der Waals surface area contributed by atoms with Gasteiger partial charge in [0.05, 0.1) is 42.7 Å². The Kier molecular flexibility index (Phi) is 5.81. The summed E-state index contributed by atoms with van der Waals surface area (Å²) < 4.78 is 9.52. The summed E-state index contributed by atoms with van der Waals surface area (Å²) >= 11 is 1.31. The molecule has 1 aliphatic heterocycles.